The Labute approximate surface area is 231 Å². The quantitative estimate of drug-likeness (QED) is 0.324. The number of carbonyl (C=O) groups is 2. The Morgan fingerprint density at radius 3 is 2.44 bits per heavy atom. The third-order valence-electron chi connectivity index (χ3n) is 7.50. The molecule has 2 N–H and O–H groups in total. The van der Waals surface area contributed by atoms with E-state index in [1.165, 1.54) is 5.56 Å². The standard InChI is InChI=1S/C30H39N3O4.CH4O/c1-20(2)22-8-10-23(11-9-22)24(17-34)16-29-32-30-26(12-7-21(3)31-19-35)28(36-4)14-13-27(30)33(29)25-6-5-15-37-18-25;1-2/h8-11,13-14,17,19-21,24-25H,5-7,12,15-16,18H2,1-4H3,(H,31,35);2H,1H3. The number of aldehydes is 1. The lowest BCUT2D eigenvalue weighted by atomic mass is 9.93. The van der Waals surface area contributed by atoms with Gasteiger partial charge >= 0.3 is 0 Å². The molecule has 0 spiro atoms. The van der Waals surface area contributed by atoms with Crippen LogP contribution in [0.25, 0.3) is 11.0 Å². The van der Waals surface area contributed by atoms with Crippen LogP contribution in [0.5, 0.6) is 5.75 Å². The van der Waals surface area contributed by atoms with Crippen LogP contribution in [0.1, 0.15) is 80.4 Å². The number of aliphatic hydroxyl groups excluding tert-OH is 1. The minimum absolute atomic E-state index is 0.0408. The molecular formula is C31H43N3O5. The predicted molar refractivity (Wildman–Crippen MR) is 154 cm³/mol. The van der Waals surface area contributed by atoms with Gasteiger partial charge in [0, 0.05) is 37.7 Å². The summed E-state index contributed by atoms with van der Waals surface area (Å²) in [5.41, 5.74) is 5.23. The Morgan fingerprint density at radius 1 is 1.13 bits per heavy atom. The van der Waals surface area contributed by atoms with E-state index in [4.69, 9.17) is 19.6 Å². The van der Waals surface area contributed by atoms with Gasteiger partial charge in [0.05, 0.1) is 30.8 Å². The van der Waals surface area contributed by atoms with Gasteiger partial charge in [-0.3, -0.25) is 4.79 Å². The smallest absolute Gasteiger partial charge is 0.207 e. The summed E-state index contributed by atoms with van der Waals surface area (Å²) in [5, 5.41) is 9.83. The van der Waals surface area contributed by atoms with Crippen LogP contribution in [0.15, 0.2) is 36.4 Å². The first-order valence-corrected chi connectivity index (χ1v) is 13.8. The monoisotopic (exact) mass is 537 g/mol. The van der Waals surface area contributed by atoms with Gasteiger partial charge in [-0.15, -0.1) is 0 Å². The highest BCUT2D eigenvalue weighted by Crippen LogP contribution is 2.35. The molecule has 1 aliphatic rings. The van der Waals surface area contributed by atoms with Crippen molar-refractivity contribution in [2.45, 2.75) is 76.8 Å². The summed E-state index contributed by atoms with van der Waals surface area (Å²) < 4.78 is 13.9. The van der Waals surface area contributed by atoms with E-state index in [-0.39, 0.29) is 18.0 Å². The number of carbonyl (C=O) groups excluding carboxylic acids is 2. The minimum atomic E-state index is -0.288. The maximum Gasteiger partial charge on any atom is 0.207 e. The molecular weight excluding hydrogens is 494 g/mol. The van der Waals surface area contributed by atoms with Crippen LogP contribution in [0.3, 0.4) is 0 Å². The predicted octanol–water partition coefficient (Wildman–Crippen LogP) is 4.72. The van der Waals surface area contributed by atoms with Crippen LogP contribution in [0.4, 0.5) is 0 Å². The second-order valence-corrected chi connectivity index (χ2v) is 10.4. The van der Waals surface area contributed by atoms with Gasteiger partial charge in [0.1, 0.15) is 17.9 Å². The first-order chi connectivity index (χ1) is 19.0. The van der Waals surface area contributed by atoms with Gasteiger partial charge in [-0.05, 0) is 61.8 Å². The van der Waals surface area contributed by atoms with Crippen LogP contribution in [-0.2, 0) is 27.2 Å². The first-order valence-electron chi connectivity index (χ1n) is 13.8. The van der Waals surface area contributed by atoms with Gasteiger partial charge < -0.3 is 29.3 Å². The Hall–Kier alpha value is -3.23. The van der Waals surface area contributed by atoms with E-state index in [1.807, 2.05) is 13.0 Å². The Balaban J connectivity index is 0.00000205. The molecule has 8 nitrogen and oxygen atoms in total. The van der Waals surface area contributed by atoms with Crippen molar-refractivity contribution < 1.29 is 24.2 Å². The lowest BCUT2D eigenvalue weighted by Crippen LogP contribution is -2.24. The van der Waals surface area contributed by atoms with Gasteiger partial charge in [-0.1, -0.05) is 38.1 Å². The fourth-order valence-corrected chi connectivity index (χ4v) is 5.29. The molecule has 212 valence electrons. The number of ether oxygens (including phenoxy) is 2. The van der Waals surface area contributed by atoms with Crippen molar-refractivity contribution in [2.24, 2.45) is 0 Å². The summed E-state index contributed by atoms with van der Waals surface area (Å²) in [5.74, 6) is 1.84. The largest absolute Gasteiger partial charge is 0.496 e. The highest BCUT2D eigenvalue weighted by atomic mass is 16.5. The van der Waals surface area contributed by atoms with Gasteiger partial charge in [-0.2, -0.15) is 0 Å². The van der Waals surface area contributed by atoms with E-state index in [2.05, 4.69) is 54.1 Å². The Kier molecular flexibility index (Phi) is 11.5. The van der Waals surface area contributed by atoms with E-state index in [0.717, 1.165) is 79.4 Å². The van der Waals surface area contributed by atoms with Crippen molar-refractivity contribution in [2.75, 3.05) is 27.4 Å². The summed E-state index contributed by atoms with van der Waals surface area (Å²) in [7, 11) is 2.67. The molecule has 1 saturated heterocycles. The van der Waals surface area contributed by atoms with Crippen molar-refractivity contribution in [1.82, 2.24) is 14.9 Å². The van der Waals surface area contributed by atoms with E-state index < -0.39 is 0 Å². The zero-order valence-corrected chi connectivity index (χ0v) is 23.9. The Bertz CT molecular complexity index is 1200. The number of aryl methyl sites for hydroxylation is 1. The number of nitrogens with one attached hydrogen (secondary N) is 1. The van der Waals surface area contributed by atoms with E-state index in [9.17, 15) is 9.59 Å². The van der Waals surface area contributed by atoms with Crippen molar-refractivity contribution in [1.29, 1.82) is 0 Å². The number of hydrogen-bond donors (Lipinski definition) is 2. The molecule has 1 aliphatic heterocycles. The number of fused-ring (bicyclic) bond motifs is 1. The van der Waals surface area contributed by atoms with Gasteiger partial charge in [0.25, 0.3) is 0 Å². The molecule has 4 rings (SSSR count). The number of nitrogens with zero attached hydrogens (tertiary/aromatic N) is 2. The van der Waals surface area contributed by atoms with Crippen molar-refractivity contribution in [3.63, 3.8) is 0 Å². The average molecular weight is 538 g/mol. The molecule has 0 radical (unpaired) electrons. The molecule has 3 atom stereocenters. The maximum absolute atomic E-state index is 12.3. The van der Waals surface area contributed by atoms with Gasteiger partial charge in [0.2, 0.25) is 6.41 Å². The van der Waals surface area contributed by atoms with Crippen molar-refractivity contribution >= 4 is 23.7 Å². The number of amides is 1. The molecule has 0 aliphatic carbocycles. The zero-order chi connectivity index (χ0) is 28.4. The number of methoxy groups -OCH3 is 1. The summed E-state index contributed by atoms with van der Waals surface area (Å²) in [6.07, 6.45) is 5.78. The number of aliphatic hydroxyl groups is 1. The van der Waals surface area contributed by atoms with Crippen LogP contribution >= 0.6 is 0 Å². The summed E-state index contributed by atoms with van der Waals surface area (Å²) in [4.78, 5) is 28.4. The van der Waals surface area contributed by atoms with Gasteiger partial charge in [-0.25, -0.2) is 4.98 Å². The normalized spacial score (nSPS) is 16.7. The summed E-state index contributed by atoms with van der Waals surface area (Å²) in [6.45, 7) is 7.74. The highest BCUT2D eigenvalue weighted by molar-refractivity contribution is 5.83. The number of benzene rings is 2. The summed E-state index contributed by atoms with van der Waals surface area (Å²) in [6, 6.07) is 12.7. The Morgan fingerprint density at radius 2 is 1.85 bits per heavy atom. The van der Waals surface area contributed by atoms with E-state index in [1.54, 1.807) is 7.11 Å². The van der Waals surface area contributed by atoms with E-state index >= 15 is 0 Å². The molecule has 0 saturated carbocycles. The number of hydrogen-bond acceptors (Lipinski definition) is 6. The molecule has 0 bridgehead atoms. The molecule has 1 amide bonds. The molecule has 8 heteroatoms. The topological polar surface area (TPSA) is 103 Å². The lowest BCUT2D eigenvalue weighted by molar-refractivity contribution is -0.110. The molecule has 1 fully saturated rings. The molecule has 3 aromatic rings. The fraction of sp³-hybridized carbons (Fsp3) is 0.516. The molecule has 2 aromatic carbocycles. The molecule has 39 heavy (non-hydrogen) atoms. The maximum atomic E-state index is 12.3. The van der Waals surface area contributed by atoms with E-state index in [0.29, 0.717) is 25.4 Å². The van der Waals surface area contributed by atoms with Crippen LogP contribution in [-0.4, -0.2) is 60.8 Å². The number of imidazole rings is 1. The lowest BCUT2D eigenvalue weighted by Gasteiger charge is -2.26. The highest BCUT2D eigenvalue weighted by Gasteiger charge is 2.26. The van der Waals surface area contributed by atoms with Crippen molar-refractivity contribution in [3.8, 4) is 5.75 Å². The second-order valence-electron chi connectivity index (χ2n) is 10.4. The number of aromatic nitrogens is 2. The average Bonchev–Trinajstić information content (AvgIpc) is 3.34. The van der Waals surface area contributed by atoms with Crippen LogP contribution < -0.4 is 10.1 Å². The second kappa shape index (κ2) is 14.8. The summed E-state index contributed by atoms with van der Waals surface area (Å²) >= 11 is 0. The third-order valence-corrected chi connectivity index (χ3v) is 7.50. The molecule has 3 unspecified atom stereocenters. The zero-order valence-electron chi connectivity index (χ0n) is 23.9. The first kappa shape index (κ1) is 30.3. The van der Waals surface area contributed by atoms with Crippen molar-refractivity contribution in [3.05, 3.63) is 58.9 Å². The van der Waals surface area contributed by atoms with Gasteiger partial charge in [0.15, 0.2) is 0 Å². The molecule has 2 heterocycles. The third kappa shape index (κ3) is 7.25. The van der Waals surface area contributed by atoms with Crippen LogP contribution in [0, 0.1) is 0 Å². The number of rotatable bonds is 12. The molecule has 1 aromatic heterocycles. The SMILES string of the molecule is CO.COc1ccc2c(nc(CC(C=O)c3ccc(C(C)C)cc3)n2C2CCCOC2)c1CCC(C)NC=O. The van der Waals surface area contributed by atoms with Crippen LogP contribution in [0.2, 0.25) is 0 Å². The fourth-order valence-electron chi connectivity index (χ4n) is 5.29. The minimum Gasteiger partial charge on any atom is -0.496 e.